The number of rotatable bonds is 7. The molecule has 0 spiro atoms. The highest BCUT2D eigenvalue weighted by molar-refractivity contribution is 6.35. The Labute approximate surface area is 197 Å². The molecule has 1 atom stereocenters. The molecule has 2 aromatic rings. The van der Waals surface area contributed by atoms with E-state index in [2.05, 4.69) is 10.9 Å². The molecule has 1 saturated heterocycles. The van der Waals surface area contributed by atoms with Gasteiger partial charge in [0.05, 0.1) is 12.0 Å². The highest BCUT2D eigenvalue weighted by Gasteiger charge is 2.43. The monoisotopic (exact) mass is 480 g/mol. The molecule has 2 aromatic carbocycles. The lowest BCUT2D eigenvalue weighted by Gasteiger charge is -2.36. The smallest absolute Gasteiger partial charge is 0.279 e. The standard InChI is InChI=1S/C23H26Cl2N2O5/c1-3-31-17-5-7-18(8-6-17)32-15(2)21(28)26-27-22(29)23(10-12-30-13-11-23)19-9-4-16(24)14-20(19)25/h4-9,14-15H,3,10-13H2,1-2H3,(H,26,28)(H,27,29). The number of halogens is 2. The molecule has 2 N–H and O–H groups in total. The summed E-state index contributed by atoms with van der Waals surface area (Å²) in [6.45, 7) is 4.86. The van der Waals surface area contributed by atoms with Gasteiger partial charge in [0.1, 0.15) is 11.5 Å². The molecule has 0 aliphatic carbocycles. The van der Waals surface area contributed by atoms with E-state index in [4.69, 9.17) is 37.4 Å². The Hall–Kier alpha value is -2.48. The number of carbonyl (C=O) groups is 2. The van der Waals surface area contributed by atoms with E-state index in [1.165, 1.54) is 0 Å². The molecule has 2 amide bonds. The first-order valence-corrected chi connectivity index (χ1v) is 11.1. The maximum Gasteiger partial charge on any atom is 0.279 e. The predicted molar refractivity (Wildman–Crippen MR) is 122 cm³/mol. The molecular formula is C23H26Cl2N2O5. The van der Waals surface area contributed by atoms with Crippen LogP contribution in [0.25, 0.3) is 0 Å². The van der Waals surface area contributed by atoms with Crippen molar-refractivity contribution in [3.05, 3.63) is 58.1 Å². The first-order chi connectivity index (χ1) is 15.4. The van der Waals surface area contributed by atoms with Crippen molar-refractivity contribution in [2.45, 2.75) is 38.2 Å². The van der Waals surface area contributed by atoms with Crippen molar-refractivity contribution in [3.8, 4) is 11.5 Å². The molecule has 1 fully saturated rings. The minimum Gasteiger partial charge on any atom is -0.494 e. The van der Waals surface area contributed by atoms with E-state index in [0.29, 0.717) is 59.8 Å². The summed E-state index contributed by atoms with van der Waals surface area (Å²) in [6.07, 6.45) is 0.0146. The van der Waals surface area contributed by atoms with Gasteiger partial charge in [0.15, 0.2) is 6.10 Å². The van der Waals surface area contributed by atoms with Gasteiger partial charge in [-0.05, 0) is 68.7 Å². The Morgan fingerprint density at radius 1 is 1.06 bits per heavy atom. The molecule has 0 bridgehead atoms. The highest BCUT2D eigenvalue weighted by Crippen LogP contribution is 2.39. The summed E-state index contributed by atoms with van der Waals surface area (Å²) < 4.78 is 16.5. The minimum absolute atomic E-state index is 0.369. The fourth-order valence-corrected chi connectivity index (χ4v) is 4.18. The number of amides is 2. The van der Waals surface area contributed by atoms with Gasteiger partial charge in [-0.1, -0.05) is 29.3 Å². The third kappa shape index (κ3) is 5.65. The molecule has 7 nitrogen and oxygen atoms in total. The normalized spacial score (nSPS) is 16.0. The number of benzene rings is 2. The molecule has 3 rings (SSSR count). The number of carbonyl (C=O) groups excluding carboxylic acids is 2. The van der Waals surface area contributed by atoms with Crippen molar-refractivity contribution < 1.29 is 23.8 Å². The van der Waals surface area contributed by atoms with Crippen LogP contribution in [-0.4, -0.2) is 37.7 Å². The molecule has 9 heteroatoms. The first kappa shape index (κ1) is 24.2. The lowest BCUT2D eigenvalue weighted by Crippen LogP contribution is -2.55. The largest absolute Gasteiger partial charge is 0.494 e. The molecule has 0 saturated carbocycles. The number of nitrogens with one attached hydrogen (secondary N) is 2. The van der Waals surface area contributed by atoms with E-state index >= 15 is 0 Å². The molecule has 0 aromatic heterocycles. The molecule has 32 heavy (non-hydrogen) atoms. The van der Waals surface area contributed by atoms with Crippen molar-refractivity contribution in [3.63, 3.8) is 0 Å². The summed E-state index contributed by atoms with van der Waals surface area (Å²) in [6, 6.07) is 12.0. The van der Waals surface area contributed by atoms with E-state index < -0.39 is 17.4 Å². The minimum atomic E-state index is -0.938. The summed E-state index contributed by atoms with van der Waals surface area (Å²) in [5.41, 5.74) is 4.71. The van der Waals surface area contributed by atoms with Crippen molar-refractivity contribution in [1.82, 2.24) is 10.9 Å². The third-order valence-corrected chi connectivity index (χ3v) is 5.89. The fourth-order valence-electron chi connectivity index (χ4n) is 3.59. The van der Waals surface area contributed by atoms with Crippen LogP contribution in [0, 0.1) is 0 Å². The lowest BCUT2D eigenvalue weighted by atomic mass is 9.73. The SMILES string of the molecule is CCOc1ccc(OC(C)C(=O)NNC(=O)C2(c3ccc(Cl)cc3Cl)CCOCC2)cc1. The van der Waals surface area contributed by atoms with Crippen molar-refractivity contribution in [1.29, 1.82) is 0 Å². The molecule has 0 radical (unpaired) electrons. The zero-order valence-electron chi connectivity index (χ0n) is 18.0. The summed E-state index contributed by atoms with van der Waals surface area (Å²) in [7, 11) is 0. The number of hydrogen-bond acceptors (Lipinski definition) is 5. The van der Waals surface area contributed by atoms with E-state index in [-0.39, 0.29) is 5.91 Å². The fraction of sp³-hybridized carbons (Fsp3) is 0.391. The second kappa shape index (κ2) is 10.9. The van der Waals surface area contributed by atoms with Gasteiger partial charge in [0.25, 0.3) is 5.91 Å². The van der Waals surface area contributed by atoms with Crippen LogP contribution in [0.2, 0.25) is 10.0 Å². The average Bonchev–Trinajstić information content (AvgIpc) is 2.79. The summed E-state index contributed by atoms with van der Waals surface area (Å²) >= 11 is 12.4. The Balaban J connectivity index is 1.64. The number of hydrogen-bond donors (Lipinski definition) is 2. The Kier molecular flexibility index (Phi) is 8.23. The van der Waals surface area contributed by atoms with Gasteiger partial charge in [-0.25, -0.2) is 0 Å². The van der Waals surface area contributed by atoms with E-state index in [9.17, 15) is 9.59 Å². The molecular weight excluding hydrogens is 455 g/mol. The van der Waals surface area contributed by atoms with Crippen LogP contribution in [0.15, 0.2) is 42.5 Å². The van der Waals surface area contributed by atoms with Crippen LogP contribution in [0.3, 0.4) is 0 Å². The molecule has 172 valence electrons. The van der Waals surface area contributed by atoms with Crippen LogP contribution in [0.4, 0.5) is 0 Å². The summed E-state index contributed by atoms with van der Waals surface area (Å²) in [4.78, 5) is 25.7. The lowest BCUT2D eigenvalue weighted by molar-refractivity contribution is -0.137. The second-order valence-electron chi connectivity index (χ2n) is 7.43. The number of hydrazine groups is 1. The maximum absolute atomic E-state index is 13.2. The Morgan fingerprint density at radius 2 is 1.72 bits per heavy atom. The Morgan fingerprint density at radius 3 is 2.34 bits per heavy atom. The van der Waals surface area contributed by atoms with Crippen LogP contribution >= 0.6 is 23.2 Å². The van der Waals surface area contributed by atoms with Gasteiger partial charge < -0.3 is 14.2 Å². The molecule has 1 unspecified atom stereocenters. The van der Waals surface area contributed by atoms with E-state index in [1.807, 2.05) is 6.92 Å². The van der Waals surface area contributed by atoms with Crippen molar-refractivity contribution in [2.75, 3.05) is 19.8 Å². The van der Waals surface area contributed by atoms with Gasteiger partial charge in [-0.15, -0.1) is 0 Å². The Bertz CT molecular complexity index is 946. The van der Waals surface area contributed by atoms with Crippen molar-refractivity contribution >= 4 is 35.0 Å². The third-order valence-electron chi connectivity index (χ3n) is 5.34. The van der Waals surface area contributed by atoms with E-state index in [0.717, 1.165) is 0 Å². The predicted octanol–water partition coefficient (Wildman–Crippen LogP) is 4.06. The maximum atomic E-state index is 13.2. The van der Waals surface area contributed by atoms with Gasteiger partial charge >= 0.3 is 0 Å². The van der Waals surface area contributed by atoms with Gasteiger partial charge in [0.2, 0.25) is 5.91 Å². The first-order valence-electron chi connectivity index (χ1n) is 10.4. The molecule has 1 heterocycles. The molecule has 1 aliphatic heterocycles. The van der Waals surface area contributed by atoms with Gasteiger partial charge in [0, 0.05) is 23.3 Å². The highest BCUT2D eigenvalue weighted by atomic mass is 35.5. The van der Waals surface area contributed by atoms with Gasteiger partial charge in [-0.2, -0.15) is 0 Å². The second-order valence-corrected chi connectivity index (χ2v) is 8.27. The van der Waals surface area contributed by atoms with Crippen LogP contribution in [0.1, 0.15) is 32.3 Å². The van der Waals surface area contributed by atoms with Crippen LogP contribution < -0.4 is 20.3 Å². The van der Waals surface area contributed by atoms with E-state index in [1.54, 1.807) is 49.4 Å². The number of ether oxygens (including phenoxy) is 3. The van der Waals surface area contributed by atoms with Crippen LogP contribution in [0.5, 0.6) is 11.5 Å². The average molecular weight is 481 g/mol. The summed E-state index contributed by atoms with van der Waals surface area (Å²) in [5, 5.41) is 0.878. The van der Waals surface area contributed by atoms with Crippen molar-refractivity contribution in [2.24, 2.45) is 0 Å². The van der Waals surface area contributed by atoms with Gasteiger partial charge in [-0.3, -0.25) is 20.4 Å². The zero-order valence-corrected chi connectivity index (χ0v) is 19.5. The summed E-state index contributed by atoms with van der Waals surface area (Å²) in [5.74, 6) is 0.367. The molecule has 1 aliphatic rings. The van der Waals surface area contributed by atoms with Crippen LogP contribution in [-0.2, 0) is 19.7 Å². The topological polar surface area (TPSA) is 85.9 Å². The quantitative estimate of drug-likeness (QED) is 0.583. The zero-order chi connectivity index (χ0) is 23.1.